The van der Waals surface area contributed by atoms with Crippen LogP contribution < -0.4 is 4.74 Å². The van der Waals surface area contributed by atoms with Crippen LogP contribution in [0.1, 0.15) is 43.0 Å². The van der Waals surface area contributed by atoms with E-state index in [9.17, 15) is 14.7 Å². The Morgan fingerprint density at radius 2 is 1.91 bits per heavy atom. The lowest BCUT2D eigenvalue weighted by molar-refractivity contribution is 0.0495. The van der Waals surface area contributed by atoms with Crippen LogP contribution in [-0.4, -0.2) is 40.1 Å². The average Bonchev–Trinajstić information content (AvgIpc) is 2.73. The van der Waals surface area contributed by atoms with Gasteiger partial charge in [0.15, 0.2) is 5.78 Å². The van der Waals surface area contributed by atoms with Gasteiger partial charge in [0.2, 0.25) is 0 Å². The van der Waals surface area contributed by atoms with Gasteiger partial charge in [-0.1, -0.05) is 17.7 Å². The molecule has 6 heteroatoms. The van der Waals surface area contributed by atoms with Crippen LogP contribution in [0.3, 0.4) is 0 Å². The molecule has 0 spiro atoms. The quantitative estimate of drug-likeness (QED) is 0.863. The van der Waals surface area contributed by atoms with Crippen LogP contribution in [0.5, 0.6) is 5.75 Å². The van der Waals surface area contributed by atoms with Crippen LogP contribution in [0.25, 0.3) is 0 Å². The number of piperidine rings is 1. The smallest absolute Gasteiger partial charge is 0.407 e. The molecular formula is C16H18ClNO4. The van der Waals surface area contributed by atoms with Gasteiger partial charge in [0.05, 0.1) is 5.02 Å². The van der Waals surface area contributed by atoms with Gasteiger partial charge >= 0.3 is 6.09 Å². The molecule has 2 aliphatic rings. The van der Waals surface area contributed by atoms with E-state index in [0.717, 1.165) is 12.8 Å². The van der Waals surface area contributed by atoms with E-state index in [2.05, 4.69) is 0 Å². The molecule has 2 heterocycles. The highest BCUT2D eigenvalue weighted by Crippen LogP contribution is 2.38. The predicted octanol–water partition coefficient (Wildman–Crippen LogP) is 3.59. The second kappa shape index (κ2) is 5.80. The molecular weight excluding hydrogens is 306 g/mol. The second-order valence-corrected chi connectivity index (χ2v) is 6.34. The predicted molar refractivity (Wildman–Crippen MR) is 81.8 cm³/mol. The van der Waals surface area contributed by atoms with Gasteiger partial charge in [-0.2, -0.15) is 0 Å². The summed E-state index contributed by atoms with van der Waals surface area (Å²) < 4.78 is 5.98. The number of ether oxygens (including phenoxy) is 1. The summed E-state index contributed by atoms with van der Waals surface area (Å²) in [5.74, 6) is 0.402. The minimum atomic E-state index is -0.845. The molecule has 1 aromatic rings. The van der Waals surface area contributed by atoms with E-state index in [-0.39, 0.29) is 24.0 Å². The number of carbonyl (C=O) groups excluding carboxylic acids is 1. The monoisotopic (exact) mass is 323 g/mol. The Balaban J connectivity index is 1.75. The number of carboxylic acid groups (broad SMARTS) is 1. The van der Waals surface area contributed by atoms with Gasteiger partial charge in [-0.05, 0) is 31.9 Å². The normalized spacial score (nSPS) is 26.8. The van der Waals surface area contributed by atoms with Crippen LogP contribution in [0.2, 0.25) is 5.02 Å². The van der Waals surface area contributed by atoms with E-state index < -0.39 is 6.09 Å². The molecule has 1 N–H and O–H groups in total. The Kier molecular flexibility index (Phi) is 4.00. The number of halogens is 1. The van der Waals surface area contributed by atoms with Crippen LogP contribution in [0.15, 0.2) is 18.2 Å². The third-order valence-corrected chi connectivity index (χ3v) is 4.94. The van der Waals surface area contributed by atoms with Gasteiger partial charge in [0, 0.05) is 30.5 Å². The molecule has 1 aromatic carbocycles. The number of carbonyl (C=O) groups is 2. The Morgan fingerprint density at radius 1 is 1.27 bits per heavy atom. The molecule has 0 radical (unpaired) electrons. The number of rotatable bonds is 3. The maximum Gasteiger partial charge on any atom is 0.407 e. The van der Waals surface area contributed by atoms with Crippen molar-refractivity contribution in [3.63, 3.8) is 0 Å². The fourth-order valence-corrected chi connectivity index (χ4v) is 3.89. The largest absolute Gasteiger partial charge is 0.489 e. The fraction of sp³-hybridized carbons (Fsp3) is 0.500. The topological polar surface area (TPSA) is 66.8 Å². The first kappa shape index (κ1) is 15.2. The van der Waals surface area contributed by atoms with Crippen molar-refractivity contribution >= 4 is 23.5 Å². The molecule has 0 aliphatic carbocycles. The molecule has 22 heavy (non-hydrogen) atoms. The zero-order valence-electron chi connectivity index (χ0n) is 12.3. The molecule has 118 valence electrons. The summed E-state index contributed by atoms with van der Waals surface area (Å²) >= 11 is 6.24. The molecule has 2 atom stereocenters. The molecule has 2 aliphatic heterocycles. The summed E-state index contributed by atoms with van der Waals surface area (Å²) in [4.78, 5) is 24.4. The van der Waals surface area contributed by atoms with E-state index in [0.29, 0.717) is 29.2 Å². The number of fused-ring (bicyclic) bond motifs is 2. The third-order valence-electron chi connectivity index (χ3n) is 4.55. The Morgan fingerprint density at radius 3 is 2.45 bits per heavy atom. The minimum absolute atomic E-state index is 0.0241. The summed E-state index contributed by atoms with van der Waals surface area (Å²) in [5.41, 5.74) is 0.449. The van der Waals surface area contributed by atoms with E-state index in [1.807, 2.05) is 0 Å². The van der Waals surface area contributed by atoms with Crippen molar-refractivity contribution in [1.82, 2.24) is 4.90 Å². The first-order valence-electron chi connectivity index (χ1n) is 7.44. The lowest BCUT2D eigenvalue weighted by Gasteiger charge is -2.37. The SMILES string of the molecule is CC(=O)c1cccc(OC2CC3CCC(C2)N3C(=O)O)c1Cl. The number of ketones is 1. The Bertz CT molecular complexity index is 604. The summed E-state index contributed by atoms with van der Waals surface area (Å²) in [5, 5.41) is 9.60. The van der Waals surface area contributed by atoms with Crippen LogP contribution in [0, 0.1) is 0 Å². The van der Waals surface area contributed by atoms with Gasteiger partial charge in [0.1, 0.15) is 11.9 Å². The molecule has 0 aromatic heterocycles. The van der Waals surface area contributed by atoms with Gasteiger partial charge < -0.3 is 14.7 Å². The highest BCUT2D eigenvalue weighted by atomic mass is 35.5. The Labute approximate surface area is 133 Å². The van der Waals surface area contributed by atoms with Crippen molar-refractivity contribution in [2.45, 2.75) is 50.8 Å². The van der Waals surface area contributed by atoms with Crippen molar-refractivity contribution in [3.05, 3.63) is 28.8 Å². The number of amides is 1. The standard InChI is InChI=1S/C16H18ClNO4/c1-9(19)13-3-2-4-14(15(13)17)22-12-7-10-5-6-11(8-12)18(10)16(20)21/h2-4,10-12H,5-8H2,1H3,(H,20,21). The van der Waals surface area contributed by atoms with Crippen molar-refractivity contribution in [3.8, 4) is 5.75 Å². The van der Waals surface area contributed by atoms with Gasteiger partial charge in [-0.3, -0.25) is 4.79 Å². The van der Waals surface area contributed by atoms with Crippen molar-refractivity contribution in [2.24, 2.45) is 0 Å². The summed E-state index contributed by atoms with van der Waals surface area (Å²) in [7, 11) is 0. The molecule has 5 nitrogen and oxygen atoms in total. The molecule has 2 fully saturated rings. The highest BCUT2D eigenvalue weighted by molar-refractivity contribution is 6.35. The second-order valence-electron chi connectivity index (χ2n) is 5.96. The molecule has 3 rings (SSSR count). The lowest BCUT2D eigenvalue weighted by atomic mass is 10.00. The zero-order valence-corrected chi connectivity index (χ0v) is 13.0. The molecule has 2 unspecified atom stereocenters. The Hall–Kier alpha value is -1.75. The summed E-state index contributed by atoms with van der Waals surface area (Å²) in [6.07, 6.45) is 2.21. The van der Waals surface area contributed by atoms with Crippen LogP contribution >= 0.6 is 11.6 Å². The van der Waals surface area contributed by atoms with E-state index >= 15 is 0 Å². The lowest BCUT2D eigenvalue weighted by Crippen LogP contribution is -2.48. The minimum Gasteiger partial charge on any atom is -0.489 e. The fourth-order valence-electron chi connectivity index (χ4n) is 3.59. The van der Waals surface area contributed by atoms with Crippen molar-refractivity contribution < 1.29 is 19.4 Å². The summed E-state index contributed by atoms with van der Waals surface area (Å²) in [6, 6.07) is 5.22. The number of hydrogen-bond donors (Lipinski definition) is 1. The average molecular weight is 324 g/mol. The number of hydrogen-bond acceptors (Lipinski definition) is 3. The number of Topliss-reactive ketones (excluding diaryl/α,β-unsaturated/α-hetero) is 1. The van der Waals surface area contributed by atoms with E-state index in [4.69, 9.17) is 16.3 Å². The number of benzene rings is 1. The summed E-state index contributed by atoms with van der Waals surface area (Å²) in [6.45, 7) is 1.47. The van der Waals surface area contributed by atoms with Crippen LogP contribution in [-0.2, 0) is 0 Å². The van der Waals surface area contributed by atoms with E-state index in [1.54, 1.807) is 23.1 Å². The van der Waals surface area contributed by atoms with E-state index in [1.165, 1.54) is 6.92 Å². The van der Waals surface area contributed by atoms with Crippen molar-refractivity contribution in [1.29, 1.82) is 0 Å². The van der Waals surface area contributed by atoms with Gasteiger partial charge in [-0.15, -0.1) is 0 Å². The molecule has 2 bridgehead atoms. The number of nitrogens with zero attached hydrogens (tertiary/aromatic N) is 1. The van der Waals surface area contributed by atoms with Gasteiger partial charge in [-0.25, -0.2) is 4.79 Å². The highest BCUT2D eigenvalue weighted by Gasteiger charge is 2.44. The van der Waals surface area contributed by atoms with Gasteiger partial charge in [0.25, 0.3) is 0 Å². The third kappa shape index (κ3) is 2.65. The first-order chi connectivity index (χ1) is 10.5. The first-order valence-corrected chi connectivity index (χ1v) is 7.82. The zero-order chi connectivity index (χ0) is 15.9. The molecule has 1 amide bonds. The van der Waals surface area contributed by atoms with Crippen LogP contribution in [0.4, 0.5) is 4.79 Å². The molecule has 2 saturated heterocycles. The van der Waals surface area contributed by atoms with Crippen molar-refractivity contribution in [2.75, 3.05) is 0 Å². The maximum absolute atomic E-state index is 11.5. The maximum atomic E-state index is 11.5. The molecule has 0 saturated carbocycles.